The number of nitrogens with zero attached hydrogens (tertiary/aromatic N) is 2. The normalized spacial score (nSPS) is 21.1. The number of anilines is 6. The Bertz CT molecular complexity index is 3070. The quantitative estimate of drug-likeness (QED) is 0.161. The number of fused-ring (bicyclic) bond motifs is 10. The van der Waals surface area contributed by atoms with Crippen LogP contribution in [0.3, 0.4) is 0 Å². The molecule has 0 radical (unpaired) electrons. The molecule has 0 saturated carbocycles. The number of benzene rings is 5. The Kier molecular flexibility index (Phi) is 8.97. The molecule has 1 aromatic heterocycles. The second-order valence-corrected chi connectivity index (χ2v) is 26.7. The highest BCUT2D eigenvalue weighted by Crippen LogP contribution is 2.57. The van der Waals surface area contributed by atoms with E-state index in [0.29, 0.717) is 0 Å². The van der Waals surface area contributed by atoms with E-state index >= 15 is 0 Å². The van der Waals surface area contributed by atoms with Crippen LogP contribution in [0, 0.1) is 13.8 Å². The maximum absolute atomic E-state index is 7.69. The minimum absolute atomic E-state index is 0.0209. The van der Waals surface area contributed by atoms with Crippen LogP contribution in [0.5, 0.6) is 0 Å². The van der Waals surface area contributed by atoms with Gasteiger partial charge < -0.3 is 14.2 Å². The van der Waals surface area contributed by atoms with Crippen molar-refractivity contribution in [3.8, 4) is 0 Å². The number of hydrogen-bond donors (Lipinski definition) is 0. The van der Waals surface area contributed by atoms with E-state index in [1.165, 1.54) is 133 Å². The zero-order chi connectivity index (χ0) is 47.2. The number of hydrogen-bond acceptors (Lipinski definition) is 3. The molecule has 0 atom stereocenters. The Morgan fingerprint density at radius 2 is 1.03 bits per heavy atom. The Labute approximate surface area is 397 Å². The minimum Gasteiger partial charge on any atom is -0.468 e. The van der Waals surface area contributed by atoms with Gasteiger partial charge in [0.25, 0.3) is 6.71 Å². The Hall–Kier alpha value is -4.70. The summed E-state index contributed by atoms with van der Waals surface area (Å²) in [6.07, 6.45) is 7.03. The highest BCUT2D eigenvalue weighted by Gasteiger charge is 2.51. The summed E-state index contributed by atoms with van der Waals surface area (Å²) in [6.45, 7) is 41.2. The van der Waals surface area contributed by atoms with Crippen LogP contribution in [0.4, 0.5) is 34.1 Å². The van der Waals surface area contributed by atoms with Crippen LogP contribution in [0.1, 0.15) is 192 Å². The van der Waals surface area contributed by atoms with Gasteiger partial charge >= 0.3 is 0 Å². The molecule has 0 N–H and O–H groups in total. The third-order valence-electron chi connectivity index (χ3n) is 18.1. The lowest BCUT2D eigenvalue weighted by Crippen LogP contribution is -2.61. The van der Waals surface area contributed by atoms with Crippen molar-refractivity contribution in [1.29, 1.82) is 0 Å². The molecule has 0 unspecified atom stereocenters. The van der Waals surface area contributed by atoms with E-state index in [1.807, 2.05) is 0 Å². The molecule has 5 aromatic carbocycles. The molecule has 2 aliphatic heterocycles. The third-order valence-corrected chi connectivity index (χ3v) is 18.1. The fraction of sp³-hybridized carbons (Fsp3) is 0.484. The smallest absolute Gasteiger partial charge is 0.297 e. The molecule has 342 valence electrons. The van der Waals surface area contributed by atoms with Gasteiger partial charge in [0.15, 0.2) is 0 Å². The largest absolute Gasteiger partial charge is 0.468 e. The molecule has 4 heteroatoms. The van der Waals surface area contributed by atoms with E-state index in [0.717, 1.165) is 17.7 Å². The zero-order valence-corrected chi connectivity index (χ0v) is 43.6. The van der Waals surface area contributed by atoms with Gasteiger partial charge in [0.1, 0.15) is 5.58 Å². The molecular weight excluding hydrogens is 800 g/mol. The summed E-state index contributed by atoms with van der Waals surface area (Å²) in [5.74, 6) is 0. The first-order valence-corrected chi connectivity index (χ1v) is 25.4. The van der Waals surface area contributed by atoms with Crippen LogP contribution < -0.4 is 26.4 Å². The molecule has 66 heavy (non-hydrogen) atoms. The van der Waals surface area contributed by atoms with Gasteiger partial charge in [-0.15, -0.1) is 0 Å². The van der Waals surface area contributed by atoms with Crippen LogP contribution >= 0.6 is 0 Å². The fourth-order valence-electron chi connectivity index (χ4n) is 13.4. The van der Waals surface area contributed by atoms with Gasteiger partial charge in [0.05, 0.1) is 11.3 Å². The summed E-state index contributed by atoms with van der Waals surface area (Å²) in [5, 5.41) is 1.23. The second-order valence-electron chi connectivity index (χ2n) is 26.7. The molecule has 5 aliphatic rings. The SMILES string of the molecule is Cc1cc2c3c(c1)N(c1cc(C(C)(C)C)ccc1C)c1c(oc4cc5c(cc14)C(C)(C)CCC5(C)C)B3c1ccc3c(c1N2c1ccc2c(c1)C(C)(C)CCC2(C)C)C(C)(C)CCC3(C)C. The fourth-order valence-corrected chi connectivity index (χ4v) is 13.4. The molecule has 0 bridgehead atoms. The van der Waals surface area contributed by atoms with E-state index in [-0.39, 0.29) is 44.6 Å². The Balaban J connectivity index is 1.30. The van der Waals surface area contributed by atoms with E-state index in [9.17, 15) is 0 Å². The van der Waals surface area contributed by atoms with E-state index in [2.05, 4.69) is 200 Å². The van der Waals surface area contributed by atoms with Gasteiger partial charge in [-0.25, -0.2) is 0 Å². The summed E-state index contributed by atoms with van der Waals surface area (Å²) >= 11 is 0. The van der Waals surface area contributed by atoms with Crippen molar-refractivity contribution < 1.29 is 4.42 Å². The topological polar surface area (TPSA) is 19.6 Å². The van der Waals surface area contributed by atoms with Crippen molar-refractivity contribution in [2.75, 3.05) is 9.80 Å². The van der Waals surface area contributed by atoms with Crippen LogP contribution in [-0.2, 0) is 37.9 Å². The van der Waals surface area contributed by atoms with Crippen molar-refractivity contribution in [3.63, 3.8) is 0 Å². The van der Waals surface area contributed by atoms with Crippen molar-refractivity contribution in [1.82, 2.24) is 0 Å². The van der Waals surface area contributed by atoms with Gasteiger partial charge in [-0.2, -0.15) is 0 Å². The Morgan fingerprint density at radius 1 is 0.500 bits per heavy atom. The van der Waals surface area contributed by atoms with E-state index in [1.54, 1.807) is 0 Å². The monoisotopic (exact) mass is 875 g/mol. The lowest BCUT2D eigenvalue weighted by molar-refractivity contribution is 0.331. The van der Waals surface area contributed by atoms with Crippen LogP contribution in [0.15, 0.2) is 77.2 Å². The summed E-state index contributed by atoms with van der Waals surface area (Å²) < 4.78 is 7.69. The molecule has 11 rings (SSSR count). The van der Waals surface area contributed by atoms with Crippen molar-refractivity contribution >= 4 is 68.4 Å². The van der Waals surface area contributed by atoms with Crippen molar-refractivity contribution in [3.05, 3.63) is 123 Å². The number of aryl methyl sites for hydroxylation is 2. The van der Waals surface area contributed by atoms with Crippen LogP contribution in [0.2, 0.25) is 0 Å². The maximum atomic E-state index is 7.69. The van der Waals surface area contributed by atoms with Crippen molar-refractivity contribution in [2.24, 2.45) is 0 Å². The molecule has 0 amide bonds. The number of rotatable bonds is 2. The highest BCUT2D eigenvalue weighted by atomic mass is 16.3. The second kappa shape index (κ2) is 13.5. The Morgan fingerprint density at radius 3 is 1.65 bits per heavy atom. The predicted molar refractivity (Wildman–Crippen MR) is 284 cm³/mol. The van der Waals surface area contributed by atoms with Crippen LogP contribution in [0.25, 0.3) is 11.0 Å². The van der Waals surface area contributed by atoms with E-state index in [4.69, 9.17) is 4.42 Å². The number of furan rings is 1. The lowest BCUT2D eigenvalue weighted by Gasteiger charge is -2.49. The lowest BCUT2D eigenvalue weighted by atomic mass is 9.35. The molecule has 0 fully saturated rings. The highest BCUT2D eigenvalue weighted by molar-refractivity contribution is 7.00. The molecular formula is C62H75BN2O. The van der Waals surface area contributed by atoms with E-state index < -0.39 is 0 Å². The average Bonchev–Trinajstić information content (AvgIpc) is 3.60. The first-order chi connectivity index (χ1) is 30.6. The maximum Gasteiger partial charge on any atom is 0.297 e. The van der Waals surface area contributed by atoms with Gasteiger partial charge in [-0.05, 0) is 194 Å². The third kappa shape index (κ3) is 6.13. The standard InChI is InChI=1S/C62H75BN2O/c1-36-30-48-52-49(31-36)65(47-32-38(56(3,4)5)19-18-37(47)2)53-40-34-44-45(61(14,15)27-26-60(44,12)13)35-50(40)66-55(53)63(52)46-23-22-42-51(62(16,17)29-28-58(42,8)9)54(46)64(48)39-20-21-41-43(33-39)59(10,11)25-24-57(41,6)7/h18-23,30-35H,24-29H2,1-17H3. The molecule has 3 aliphatic carbocycles. The summed E-state index contributed by atoms with van der Waals surface area (Å²) in [5.41, 5.74) is 25.5. The summed E-state index contributed by atoms with van der Waals surface area (Å²) in [7, 11) is 0. The molecule has 3 nitrogen and oxygen atoms in total. The molecule has 0 spiro atoms. The predicted octanol–water partition coefficient (Wildman–Crippen LogP) is 15.5. The van der Waals surface area contributed by atoms with Crippen LogP contribution in [-0.4, -0.2) is 6.71 Å². The first kappa shape index (κ1) is 43.8. The minimum atomic E-state index is -0.0937. The summed E-state index contributed by atoms with van der Waals surface area (Å²) in [6, 6.07) is 29.9. The molecule has 3 heterocycles. The average molecular weight is 875 g/mol. The molecule has 0 saturated heterocycles. The van der Waals surface area contributed by atoms with Gasteiger partial charge in [0, 0.05) is 33.8 Å². The zero-order valence-electron chi connectivity index (χ0n) is 43.6. The van der Waals surface area contributed by atoms with Gasteiger partial charge in [0.2, 0.25) is 0 Å². The molecule has 6 aromatic rings. The van der Waals surface area contributed by atoms with Crippen molar-refractivity contribution in [2.45, 2.75) is 194 Å². The van der Waals surface area contributed by atoms with Gasteiger partial charge in [-0.1, -0.05) is 134 Å². The van der Waals surface area contributed by atoms with Gasteiger partial charge in [-0.3, -0.25) is 0 Å². The first-order valence-electron chi connectivity index (χ1n) is 25.4. The summed E-state index contributed by atoms with van der Waals surface area (Å²) in [4.78, 5) is 5.39.